The summed E-state index contributed by atoms with van der Waals surface area (Å²) in [5.74, 6) is 1.40. The lowest BCUT2D eigenvalue weighted by Crippen LogP contribution is -2.13. The average molecular weight is 310 g/mol. The molecule has 0 spiro atoms. The second kappa shape index (κ2) is 7.62. The standard InChI is InChI=1S/C17H18N4O2/c22-9-11-23-10-8-19-17-14-5-1-2-6-15(14)20-16(21-17)13-4-3-7-18-12-13/h1-7,12,22H,8-11H2,(H,19,20,21). The Morgan fingerprint density at radius 3 is 2.78 bits per heavy atom. The van der Waals surface area contributed by atoms with Crippen LogP contribution in [0.25, 0.3) is 22.3 Å². The maximum Gasteiger partial charge on any atom is 0.163 e. The molecule has 0 bridgehead atoms. The number of aliphatic hydroxyl groups excluding tert-OH is 1. The summed E-state index contributed by atoms with van der Waals surface area (Å²) in [5, 5.41) is 13.0. The number of aliphatic hydroxyl groups is 1. The Bertz CT molecular complexity index is 765. The number of ether oxygens (including phenoxy) is 1. The first kappa shape index (κ1) is 15.3. The topological polar surface area (TPSA) is 80.2 Å². The van der Waals surface area contributed by atoms with Crippen LogP contribution in [0.1, 0.15) is 0 Å². The van der Waals surface area contributed by atoms with Gasteiger partial charge in [0.05, 0.1) is 25.3 Å². The van der Waals surface area contributed by atoms with Gasteiger partial charge in [-0.05, 0) is 24.3 Å². The number of nitrogens with zero attached hydrogens (tertiary/aromatic N) is 3. The maximum absolute atomic E-state index is 8.71. The molecular weight excluding hydrogens is 292 g/mol. The molecule has 23 heavy (non-hydrogen) atoms. The van der Waals surface area contributed by atoms with E-state index in [-0.39, 0.29) is 6.61 Å². The van der Waals surface area contributed by atoms with Crippen molar-refractivity contribution in [3.05, 3.63) is 48.8 Å². The highest BCUT2D eigenvalue weighted by Gasteiger charge is 2.08. The van der Waals surface area contributed by atoms with Crippen molar-refractivity contribution in [2.75, 3.05) is 31.7 Å². The van der Waals surface area contributed by atoms with Crippen molar-refractivity contribution >= 4 is 16.7 Å². The Morgan fingerprint density at radius 2 is 1.96 bits per heavy atom. The van der Waals surface area contributed by atoms with Gasteiger partial charge in [0.15, 0.2) is 5.82 Å². The Morgan fingerprint density at radius 1 is 1.04 bits per heavy atom. The lowest BCUT2D eigenvalue weighted by atomic mass is 10.2. The van der Waals surface area contributed by atoms with Gasteiger partial charge in [0.2, 0.25) is 0 Å². The largest absolute Gasteiger partial charge is 0.394 e. The summed E-state index contributed by atoms with van der Waals surface area (Å²) in [6.45, 7) is 1.48. The van der Waals surface area contributed by atoms with Crippen LogP contribution in [0, 0.1) is 0 Å². The van der Waals surface area contributed by atoms with Crippen LogP contribution in [0.5, 0.6) is 0 Å². The number of hydrogen-bond donors (Lipinski definition) is 2. The zero-order valence-electron chi connectivity index (χ0n) is 12.6. The summed E-state index contributed by atoms with van der Waals surface area (Å²) in [6.07, 6.45) is 3.47. The van der Waals surface area contributed by atoms with Crippen molar-refractivity contribution < 1.29 is 9.84 Å². The van der Waals surface area contributed by atoms with Crippen LogP contribution in [0.15, 0.2) is 48.8 Å². The SMILES string of the molecule is OCCOCCNc1nc(-c2cccnc2)nc2ccccc12. The molecule has 6 nitrogen and oxygen atoms in total. The summed E-state index contributed by atoms with van der Waals surface area (Å²) in [4.78, 5) is 13.4. The molecule has 0 saturated heterocycles. The molecule has 0 amide bonds. The molecule has 1 aromatic carbocycles. The third kappa shape index (κ3) is 3.80. The molecule has 2 aromatic heterocycles. The molecule has 6 heteroatoms. The Balaban J connectivity index is 1.88. The summed E-state index contributed by atoms with van der Waals surface area (Å²) >= 11 is 0. The van der Waals surface area contributed by atoms with E-state index >= 15 is 0 Å². The first-order valence-electron chi connectivity index (χ1n) is 7.48. The van der Waals surface area contributed by atoms with Gasteiger partial charge in [0.1, 0.15) is 5.82 Å². The third-order valence-electron chi connectivity index (χ3n) is 3.30. The fourth-order valence-electron chi connectivity index (χ4n) is 2.24. The van der Waals surface area contributed by atoms with E-state index in [4.69, 9.17) is 9.84 Å². The van der Waals surface area contributed by atoms with Gasteiger partial charge in [0.25, 0.3) is 0 Å². The van der Waals surface area contributed by atoms with Gasteiger partial charge in [-0.2, -0.15) is 0 Å². The second-order valence-corrected chi connectivity index (χ2v) is 4.92. The molecule has 2 heterocycles. The van der Waals surface area contributed by atoms with Crippen LogP contribution >= 0.6 is 0 Å². The summed E-state index contributed by atoms with van der Waals surface area (Å²) in [5.41, 5.74) is 1.75. The van der Waals surface area contributed by atoms with E-state index in [1.807, 2.05) is 36.4 Å². The molecule has 118 valence electrons. The van der Waals surface area contributed by atoms with Crippen molar-refractivity contribution in [3.8, 4) is 11.4 Å². The van der Waals surface area contributed by atoms with Gasteiger partial charge >= 0.3 is 0 Å². The predicted octanol–water partition coefficient (Wildman–Crippen LogP) is 2.11. The van der Waals surface area contributed by atoms with Crippen molar-refractivity contribution in [1.29, 1.82) is 0 Å². The lowest BCUT2D eigenvalue weighted by molar-refractivity contribution is 0.0992. The lowest BCUT2D eigenvalue weighted by Gasteiger charge is -2.11. The van der Waals surface area contributed by atoms with Crippen molar-refractivity contribution in [3.63, 3.8) is 0 Å². The minimum absolute atomic E-state index is 0.0294. The van der Waals surface area contributed by atoms with Crippen molar-refractivity contribution in [1.82, 2.24) is 15.0 Å². The van der Waals surface area contributed by atoms with E-state index in [0.717, 1.165) is 22.3 Å². The van der Waals surface area contributed by atoms with Gasteiger partial charge in [-0.3, -0.25) is 4.98 Å². The minimum atomic E-state index is 0.0294. The van der Waals surface area contributed by atoms with Crippen LogP contribution in [0.3, 0.4) is 0 Å². The van der Waals surface area contributed by atoms with Gasteiger partial charge in [-0.25, -0.2) is 9.97 Å². The number of benzene rings is 1. The molecule has 0 aliphatic carbocycles. The van der Waals surface area contributed by atoms with Crippen LogP contribution in [-0.4, -0.2) is 46.4 Å². The number of fused-ring (bicyclic) bond motifs is 1. The Labute approximate surface area is 134 Å². The first-order valence-corrected chi connectivity index (χ1v) is 7.48. The fourth-order valence-corrected chi connectivity index (χ4v) is 2.24. The van der Waals surface area contributed by atoms with Gasteiger partial charge in [-0.1, -0.05) is 12.1 Å². The van der Waals surface area contributed by atoms with E-state index in [1.165, 1.54) is 0 Å². The van der Waals surface area contributed by atoms with Gasteiger partial charge in [-0.15, -0.1) is 0 Å². The molecule has 3 aromatic rings. The molecular formula is C17H18N4O2. The van der Waals surface area contributed by atoms with Crippen molar-refractivity contribution in [2.45, 2.75) is 0 Å². The number of hydrogen-bond acceptors (Lipinski definition) is 6. The number of aromatic nitrogens is 3. The van der Waals surface area contributed by atoms with Gasteiger partial charge in [0, 0.05) is 29.9 Å². The fraction of sp³-hybridized carbons (Fsp3) is 0.235. The monoisotopic (exact) mass is 310 g/mol. The van der Waals surface area contributed by atoms with Crippen LogP contribution in [0.2, 0.25) is 0 Å². The molecule has 0 aliphatic rings. The molecule has 0 aliphatic heterocycles. The Hall–Kier alpha value is -2.57. The zero-order valence-corrected chi connectivity index (χ0v) is 12.6. The first-order chi connectivity index (χ1) is 11.4. The van der Waals surface area contributed by atoms with Crippen LogP contribution in [0.4, 0.5) is 5.82 Å². The molecule has 0 saturated carbocycles. The van der Waals surface area contributed by atoms with E-state index in [2.05, 4.69) is 20.3 Å². The van der Waals surface area contributed by atoms with E-state index in [1.54, 1.807) is 12.4 Å². The smallest absolute Gasteiger partial charge is 0.163 e. The highest BCUT2D eigenvalue weighted by molar-refractivity contribution is 5.90. The molecule has 0 fully saturated rings. The molecule has 0 radical (unpaired) electrons. The number of pyridine rings is 1. The van der Waals surface area contributed by atoms with Crippen molar-refractivity contribution in [2.24, 2.45) is 0 Å². The zero-order chi connectivity index (χ0) is 15.9. The number of rotatable bonds is 7. The van der Waals surface area contributed by atoms with E-state index < -0.39 is 0 Å². The number of para-hydroxylation sites is 1. The molecule has 0 atom stereocenters. The third-order valence-corrected chi connectivity index (χ3v) is 3.30. The summed E-state index contributed by atoms with van der Waals surface area (Å²) in [6, 6.07) is 11.7. The van der Waals surface area contributed by atoms with Crippen LogP contribution in [-0.2, 0) is 4.74 Å². The Kier molecular flexibility index (Phi) is 5.08. The average Bonchev–Trinajstić information content (AvgIpc) is 2.62. The summed E-state index contributed by atoms with van der Waals surface area (Å²) < 4.78 is 5.27. The molecule has 0 unspecified atom stereocenters. The minimum Gasteiger partial charge on any atom is -0.394 e. The normalized spacial score (nSPS) is 10.8. The van der Waals surface area contributed by atoms with E-state index in [9.17, 15) is 0 Å². The number of anilines is 1. The van der Waals surface area contributed by atoms with Crippen LogP contribution < -0.4 is 5.32 Å². The molecule has 2 N–H and O–H groups in total. The quantitative estimate of drug-likeness (QED) is 0.651. The summed E-state index contributed by atoms with van der Waals surface area (Å²) in [7, 11) is 0. The van der Waals surface area contributed by atoms with Gasteiger partial charge < -0.3 is 15.2 Å². The predicted molar refractivity (Wildman–Crippen MR) is 89.2 cm³/mol. The highest BCUT2D eigenvalue weighted by Crippen LogP contribution is 2.24. The maximum atomic E-state index is 8.71. The highest BCUT2D eigenvalue weighted by atomic mass is 16.5. The number of nitrogens with one attached hydrogen (secondary N) is 1. The second-order valence-electron chi connectivity index (χ2n) is 4.92. The molecule has 3 rings (SSSR count). The van der Waals surface area contributed by atoms with E-state index in [0.29, 0.717) is 25.6 Å².